The quantitative estimate of drug-likeness (QED) is 0.919. The first-order valence-corrected chi connectivity index (χ1v) is 6.86. The number of nitrogens with zero attached hydrogens (tertiary/aromatic N) is 2. The number of halogens is 2. The van der Waals surface area contributed by atoms with E-state index in [-0.39, 0.29) is 12.5 Å². The van der Waals surface area contributed by atoms with Gasteiger partial charge in [-0.2, -0.15) is 0 Å². The lowest BCUT2D eigenvalue weighted by molar-refractivity contribution is 0.270. The van der Waals surface area contributed by atoms with Gasteiger partial charge in [0.15, 0.2) is 5.75 Å². The molecule has 0 radical (unpaired) electrons. The van der Waals surface area contributed by atoms with Crippen LogP contribution < -0.4 is 4.74 Å². The average Bonchev–Trinajstić information content (AvgIpc) is 2.42. The highest BCUT2D eigenvalue weighted by atomic mass is 35.5. The molecule has 2 aromatic rings. The monoisotopic (exact) mass is 312 g/mol. The fourth-order valence-electron chi connectivity index (χ4n) is 1.57. The van der Waals surface area contributed by atoms with Crippen LogP contribution in [0.1, 0.15) is 31.3 Å². The standard InChI is InChI=1S/C14H14Cl2N2O2/c1-8(2)14-17-6-13(11(7-19)18-14)20-12-4-3-9(15)5-10(12)16/h3-6,8,19H,7H2,1-2H3. The molecule has 106 valence electrons. The average molecular weight is 313 g/mol. The van der Waals surface area contributed by atoms with Crippen molar-refractivity contribution in [2.24, 2.45) is 0 Å². The second-order valence-corrected chi connectivity index (χ2v) is 5.37. The smallest absolute Gasteiger partial charge is 0.169 e. The summed E-state index contributed by atoms with van der Waals surface area (Å²) in [5.74, 6) is 1.64. The van der Waals surface area contributed by atoms with E-state index in [4.69, 9.17) is 27.9 Å². The molecular formula is C14H14Cl2N2O2. The Morgan fingerprint density at radius 1 is 1.25 bits per heavy atom. The number of rotatable bonds is 4. The number of aromatic nitrogens is 2. The molecule has 6 heteroatoms. The lowest BCUT2D eigenvalue weighted by atomic mass is 10.2. The van der Waals surface area contributed by atoms with Crippen molar-refractivity contribution < 1.29 is 9.84 Å². The maximum absolute atomic E-state index is 9.39. The van der Waals surface area contributed by atoms with Crippen LogP contribution in [-0.4, -0.2) is 15.1 Å². The molecule has 0 aliphatic carbocycles. The Labute approximate surface area is 127 Å². The summed E-state index contributed by atoms with van der Waals surface area (Å²) in [5, 5.41) is 10.3. The first-order chi connectivity index (χ1) is 9.51. The molecule has 0 aliphatic rings. The molecule has 2 rings (SSSR count). The summed E-state index contributed by atoms with van der Waals surface area (Å²) < 4.78 is 5.65. The number of ether oxygens (including phenoxy) is 1. The third-order valence-electron chi connectivity index (χ3n) is 2.63. The molecule has 0 aliphatic heterocycles. The van der Waals surface area contributed by atoms with E-state index in [2.05, 4.69) is 9.97 Å². The van der Waals surface area contributed by atoms with Crippen LogP contribution in [0.2, 0.25) is 10.0 Å². The van der Waals surface area contributed by atoms with Gasteiger partial charge in [-0.15, -0.1) is 0 Å². The Bertz CT molecular complexity index is 618. The predicted molar refractivity (Wildman–Crippen MR) is 78.6 cm³/mol. The molecule has 0 saturated carbocycles. The second-order valence-electron chi connectivity index (χ2n) is 4.53. The van der Waals surface area contributed by atoms with Gasteiger partial charge in [0, 0.05) is 10.9 Å². The van der Waals surface area contributed by atoms with Crippen LogP contribution in [0.15, 0.2) is 24.4 Å². The molecule has 1 heterocycles. The van der Waals surface area contributed by atoms with Crippen LogP contribution in [0.4, 0.5) is 0 Å². The second kappa shape index (κ2) is 6.39. The summed E-state index contributed by atoms with van der Waals surface area (Å²) in [6.07, 6.45) is 1.54. The Morgan fingerprint density at radius 3 is 2.60 bits per heavy atom. The highest BCUT2D eigenvalue weighted by molar-refractivity contribution is 6.35. The highest BCUT2D eigenvalue weighted by Gasteiger charge is 2.12. The summed E-state index contributed by atoms with van der Waals surface area (Å²) >= 11 is 11.9. The molecule has 1 aromatic heterocycles. The molecule has 0 bridgehead atoms. The topological polar surface area (TPSA) is 55.2 Å². The molecule has 0 atom stereocenters. The molecule has 0 saturated heterocycles. The summed E-state index contributed by atoms with van der Waals surface area (Å²) in [7, 11) is 0. The first-order valence-electron chi connectivity index (χ1n) is 6.11. The lowest BCUT2D eigenvalue weighted by Gasteiger charge is -2.12. The molecular weight excluding hydrogens is 299 g/mol. The van der Waals surface area contributed by atoms with Crippen molar-refractivity contribution in [1.29, 1.82) is 0 Å². The third kappa shape index (κ3) is 3.39. The van der Waals surface area contributed by atoms with Gasteiger partial charge in [0.2, 0.25) is 0 Å². The number of aliphatic hydroxyl groups is 1. The maximum atomic E-state index is 9.39. The van der Waals surface area contributed by atoms with Gasteiger partial charge in [-0.25, -0.2) is 9.97 Å². The molecule has 4 nitrogen and oxygen atoms in total. The van der Waals surface area contributed by atoms with Crippen molar-refractivity contribution in [2.45, 2.75) is 26.4 Å². The zero-order valence-electron chi connectivity index (χ0n) is 11.1. The first kappa shape index (κ1) is 15.0. The summed E-state index contributed by atoms with van der Waals surface area (Å²) in [6.45, 7) is 3.73. The Kier molecular flexibility index (Phi) is 4.81. The van der Waals surface area contributed by atoms with E-state index < -0.39 is 0 Å². The van der Waals surface area contributed by atoms with Gasteiger partial charge >= 0.3 is 0 Å². The SMILES string of the molecule is CC(C)c1ncc(Oc2ccc(Cl)cc2Cl)c(CO)n1. The summed E-state index contributed by atoms with van der Waals surface area (Å²) in [4.78, 5) is 8.49. The Hall–Kier alpha value is -1.36. The maximum Gasteiger partial charge on any atom is 0.169 e. The van der Waals surface area contributed by atoms with Gasteiger partial charge in [-0.05, 0) is 18.2 Å². The normalized spacial score (nSPS) is 10.9. The third-order valence-corrected chi connectivity index (χ3v) is 3.16. The van der Waals surface area contributed by atoms with Gasteiger partial charge in [-0.3, -0.25) is 0 Å². The van der Waals surface area contributed by atoms with Crippen LogP contribution in [0.3, 0.4) is 0 Å². The minimum Gasteiger partial charge on any atom is -0.452 e. The Morgan fingerprint density at radius 2 is 2.00 bits per heavy atom. The minimum absolute atomic E-state index is 0.175. The van der Waals surface area contributed by atoms with E-state index in [0.717, 1.165) is 0 Å². The van der Waals surface area contributed by atoms with E-state index in [1.54, 1.807) is 24.4 Å². The fraction of sp³-hybridized carbons (Fsp3) is 0.286. The molecule has 1 aromatic carbocycles. The van der Waals surface area contributed by atoms with Crippen LogP contribution >= 0.6 is 23.2 Å². The number of aliphatic hydroxyl groups excluding tert-OH is 1. The minimum atomic E-state index is -0.233. The highest BCUT2D eigenvalue weighted by Crippen LogP contribution is 2.32. The van der Waals surface area contributed by atoms with Crippen molar-refractivity contribution in [2.75, 3.05) is 0 Å². The number of benzene rings is 1. The van der Waals surface area contributed by atoms with E-state index >= 15 is 0 Å². The van der Waals surface area contributed by atoms with E-state index in [1.807, 2.05) is 13.8 Å². The van der Waals surface area contributed by atoms with Crippen LogP contribution in [0.5, 0.6) is 11.5 Å². The molecule has 0 spiro atoms. The summed E-state index contributed by atoms with van der Waals surface area (Å²) in [6, 6.07) is 4.91. The van der Waals surface area contributed by atoms with Gasteiger partial charge in [0.25, 0.3) is 0 Å². The van der Waals surface area contributed by atoms with Crippen LogP contribution in [0.25, 0.3) is 0 Å². The van der Waals surface area contributed by atoms with E-state index in [1.165, 1.54) is 0 Å². The van der Waals surface area contributed by atoms with Crippen LogP contribution in [-0.2, 0) is 6.61 Å². The largest absolute Gasteiger partial charge is 0.452 e. The van der Waals surface area contributed by atoms with E-state index in [0.29, 0.717) is 33.1 Å². The summed E-state index contributed by atoms with van der Waals surface area (Å²) in [5.41, 5.74) is 0.426. The zero-order chi connectivity index (χ0) is 14.7. The van der Waals surface area contributed by atoms with E-state index in [9.17, 15) is 5.11 Å². The molecule has 1 N–H and O–H groups in total. The van der Waals surface area contributed by atoms with Gasteiger partial charge in [0.05, 0.1) is 17.8 Å². The van der Waals surface area contributed by atoms with Crippen molar-refractivity contribution in [3.63, 3.8) is 0 Å². The molecule has 0 amide bonds. The van der Waals surface area contributed by atoms with Gasteiger partial charge in [0.1, 0.15) is 17.3 Å². The van der Waals surface area contributed by atoms with Gasteiger partial charge < -0.3 is 9.84 Å². The molecule has 0 fully saturated rings. The van der Waals surface area contributed by atoms with Crippen molar-refractivity contribution in [3.8, 4) is 11.5 Å². The molecule has 20 heavy (non-hydrogen) atoms. The predicted octanol–water partition coefficient (Wildman–Crippen LogP) is 4.19. The number of hydrogen-bond acceptors (Lipinski definition) is 4. The molecule has 0 unspecified atom stereocenters. The zero-order valence-corrected chi connectivity index (χ0v) is 12.6. The Balaban J connectivity index is 2.33. The van der Waals surface area contributed by atoms with Crippen molar-refractivity contribution >= 4 is 23.2 Å². The fourth-order valence-corrected chi connectivity index (χ4v) is 2.02. The van der Waals surface area contributed by atoms with Crippen LogP contribution in [0, 0.1) is 0 Å². The van der Waals surface area contributed by atoms with Crippen molar-refractivity contribution in [3.05, 3.63) is 46.0 Å². The lowest BCUT2D eigenvalue weighted by Crippen LogP contribution is -2.03. The number of hydrogen-bond donors (Lipinski definition) is 1. The van der Waals surface area contributed by atoms with Crippen molar-refractivity contribution in [1.82, 2.24) is 9.97 Å². The van der Waals surface area contributed by atoms with Gasteiger partial charge in [-0.1, -0.05) is 37.0 Å².